The number of fused-ring (bicyclic) bond motifs is 1. The van der Waals surface area contributed by atoms with Crippen LogP contribution < -0.4 is 16.0 Å². The Hall–Kier alpha value is -3.16. The molecule has 0 aliphatic carbocycles. The molecule has 0 radical (unpaired) electrons. The molecule has 0 fully saturated rings. The predicted octanol–water partition coefficient (Wildman–Crippen LogP) is 2.06. The first-order chi connectivity index (χ1) is 12.0. The van der Waals surface area contributed by atoms with Crippen molar-refractivity contribution in [3.05, 3.63) is 47.7 Å². The summed E-state index contributed by atoms with van der Waals surface area (Å²) in [6, 6.07) is 4.22. The summed E-state index contributed by atoms with van der Waals surface area (Å²) < 4.78 is 18.9. The molecule has 25 heavy (non-hydrogen) atoms. The van der Waals surface area contributed by atoms with Crippen LogP contribution in [0.1, 0.15) is 28.8 Å². The van der Waals surface area contributed by atoms with Gasteiger partial charge in [-0.05, 0) is 30.2 Å². The van der Waals surface area contributed by atoms with E-state index >= 15 is 0 Å². The van der Waals surface area contributed by atoms with Crippen LogP contribution in [0.2, 0.25) is 0 Å². The smallest absolute Gasteiger partial charge is 0.254 e. The Balaban J connectivity index is 1.55. The quantitative estimate of drug-likeness (QED) is 0.772. The highest BCUT2D eigenvalue weighted by molar-refractivity contribution is 5.97. The van der Waals surface area contributed by atoms with Gasteiger partial charge in [-0.25, -0.2) is 4.39 Å². The molecular weight excluding hydrogens is 329 g/mol. The maximum Gasteiger partial charge on any atom is 0.254 e. The number of benzene rings is 1. The Bertz CT molecular complexity index is 818. The van der Waals surface area contributed by atoms with Gasteiger partial charge in [0.15, 0.2) is 0 Å². The molecule has 0 spiro atoms. The van der Waals surface area contributed by atoms with Gasteiger partial charge in [0.25, 0.3) is 5.91 Å². The van der Waals surface area contributed by atoms with E-state index in [1.807, 2.05) is 0 Å². The third-order valence-corrected chi connectivity index (χ3v) is 3.78. The van der Waals surface area contributed by atoms with E-state index in [1.54, 1.807) is 0 Å². The monoisotopic (exact) mass is 345 g/mol. The van der Waals surface area contributed by atoms with Crippen LogP contribution in [0.25, 0.3) is 0 Å². The molecule has 3 rings (SSSR count). The zero-order chi connectivity index (χ0) is 17.8. The predicted molar refractivity (Wildman–Crippen MR) is 87.6 cm³/mol. The van der Waals surface area contributed by atoms with Gasteiger partial charge in [0, 0.05) is 25.1 Å². The average molecular weight is 345 g/mol. The lowest BCUT2D eigenvalue weighted by Gasteiger charge is -2.18. The zero-order valence-electron chi connectivity index (χ0n) is 13.2. The highest BCUT2D eigenvalue weighted by Gasteiger charge is 2.18. The number of halogens is 1. The molecule has 1 aliphatic rings. The van der Waals surface area contributed by atoms with Crippen molar-refractivity contribution in [3.63, 3.8) is 0 Å². The molecule has 0 saturated heterocycles. The summed E-state index contributed by atoms with van der Waals surface area (Å²) in [4.78, 5) is 35.0. The number of furan rings is 1. The van der Waals surface area contributed by atoms with E-state index < -0.39 is 11.7 Å². The minimum atomic E-state index is -0.564. The van der Waals surface area contributed by atoms with Crippen molar-refractivity contribution in [2.75, 3.05) is 17.2 Å². The van der Waals surface area contributed by atoms with Crippen LogP contribution in [-0.4, -0.2) is 24.3 Å². The molecule has 8 heteroatoms. The SMILES string of the molecule is O=C(CCNC(=O)c1ccoc1)Nc1cc2c(cc1F)CCC(=O)N2. The molecule has 3 amide bonds. The number of hydrogen-bond acceptors (Lipinski definition) is 4. The maximum absolute atomic E-state index is 14.1. The standard InChI is InChI=1S/C17H16FN3O4/c18-12-7-10-1-2-15(22)20-13(10)8-14(12)21-16(23)3-5-19-17(24)11-4-6-25-9-11/h4,6-9H,1-3,5H2,(H,19,24)(H,20,22)(H,21,23). The van der Waals surface area contributed by atoms with Crippen LogP contribution in [-0.2, 0) is 16.0 Å². The Labute approximate surface area is 142 Å². The number of nitrogens with one attached hydrogen (secondary N) is 3. The molecule has 0 unspecified atom stereocenters. The van der Waals surface area contributed by atoms with Crippen LogP contribution in [0, 0.1) is 5.82 Å². The van der Waals surface area contributed by atoms with E-state index in [0.717, 1.165) is 0 Å². The molecule has 7 nitrogen and oxygen atoms in total. The number of amides is 3. The van der Waals surface area contributed by atoms with Crippen molar-refractivity contribution in [1.29, 1.82) is 0 Å². The summed E-state index contributed by atoms with van der Waals surface area (Å²) >= 11 is 0. The summed E-state index contributed by atoms with van der Waals surface area (Å²) in [6.07, 6.45) is 3.43. The largest absolute Gasteiger partial charge is 0.472 e. The van der Waals surface area contributed by atoms with Gasteiger partial charge in [0.05, 0.1) is 17.5 Å². The van der Waals surface area contributed by atoms with Crippen LogP contribution in [0.5, 0.6) is 0 Å². The highest BCUT2D eigenvalue weighted by atomic mass is 19.1. The van der Waals surface area contributed by atoms with E-state index in [2.05, 4.69) is 16.0 Å². The van der Waals surface area contributed by atoms with Crippen LogP contribution in [0.3, 0.4) is 0 Å². The summed E-state index contributed by atoms with van der Waals surface area (Å²) in [5.41, 5.74) is 1.55. The maximum atomic E-state index is 14.1. The third-order valence-electron chi connectivity index (χ3n) is 3.78. The van der Waals surface area contributed by atoms with Gasteiger partial charge >= 0.3 is 0 Å². The van der Waals surface area contributed by atoms with Gasteiger partial charge < -0.3 is 20.4 Å². The van der Waals surface area contributed by atoms with Crippen molar-refractivity contribution < 1.29 is 23.2 Å². The first-order valence-corrected chi connectivity index (χ1v) is 7.75. The fourth-order valence-corrected chi connectivity index (χ4v) is 2.49. The minimum Gasteiger partial charge on any atom is -0.472 e. The first kappa shape index (κ1) is 16.7. The van der Waals surface area contributed by atoms with E-state index in [0.29, 0.717) is 29.7 Å². The van der Waals surface area contributed by atoms with Gasteiger partial charge in [0.1, 0.15) is 12.1 Å². The Kier molecular flexibility index (Phi) is 4.78. The molecule has 1 aliphatic heterocycles. The third kappa shape index (κ3) is 4.03. The zero-order valence-corrected chi connectivity index (χ0v) is 13.2. The Morgan fingerprint density at radius 1 is 1.28 bits per heavy atom. The number of anilines is 2. The fraction of sp³-hybridized carbons (Fsp3) is 0.235. The van der Waals surface area contributed by atoms with E-state index in [4.69, 9.17) is 4.42 Å². The molecule has 0 saturated carbocycles. The van der Waals surface area contributed by atoms with Gasteiger partial charge in [-0.3, -0.25) is 14.4 Å². The minimum absolute atomic E-state index is 0.00730. The van der Waals surface area contributed by atoms with E-state index in [-0.39, 0.29) is 30.5 Å². The highest BCUT2D eigenvalue weighted by Crippen LogP contribution is 2.28. The van der Waals surface area contributed by atoms with Crippen LogP contribution >= 0.6 is 0 Å². The number of hydrogen-bond donors (Lipinski definition) is 3. The number of rotatable bonds is 5. The molecule has 0 atom stereocenters. The lowest BCUT2D eigenvalue weighted by molar-refractivity contribution is -0.117. The second kappa shape index (κ2) is 7.16. The van der Waals surface area contributed by atoms with Crippen molar-refractivity contribution in [3.8, 4) is 0 Å². The lowest BCUT2D eigenvalue weighted by Crippen LogP contribution is -2.27. The molecule has 1 aromatic heterocycles. The Morgan fingerprint density at radius 2 is 2.12 bits per heavy atom. The molecule has 2 heterocycles. The summed E-state index contributed by atoms with van der Waals surface area (Å²) in [7, 11) is 0. The summed E-state index contributed by atoms with van der Waals surface area (Å²) in [5, 5.41) is 7.66. The van der Waals surface area contributed by atoms with Crippen molar-refractivity contribution in [2.45, 2.75) is 19.3 Å². The van der Waals surface area contributed by atoms with Crippen LogP contribution in [0.15, 0.2) is 35.1 Å². The molecule has 130 valence electrons. The number of aryl methyl sites for hydroxylation is 1. The summed E-state index contributed by atoms with van der Waals surface area (Å²) in [6.45, 7) is 0.0964. The van der Waals surface area contributed by atoms with Gasteiger partial charge in [0.2, 0.25) is 11.8 Å². The number of carbonyl (C=O) groups is 3. The normalized spacial score (nSPS) is 12.9. The van der Waals surface area contributed by atoms with E-state index in [9.17, 15) is 18.8 Å². The van der Waals surface area contributed by atoms with Crippen LogP contribution in [0.4, 0.5) is 15.8 Å². The Morgan fingerprint density at radius 3 is 2.88 bits per heavy atom. The van der Waals surface area contributed by atoms with Crippen molar-refractivity contribution >= 4 is 29.1 Å². The number of carbonyl (C=O) groups excluding carboxylic acids is 3. The average Bonchev–Trinajstić information content (AvgIpc) is 3.10. The van der Waals surface area contributed by atoms with Crippen molar-refractivity contribution in [2.24, 2.45) is 0 Å². The molecular formula is C17H16FN3O4. The van der Waals surface area contributed by atoms with Crippen molar-refractivity contribution in [1.82, 2.24) is 5.32 Å². The van der Waals surface area contributed by atoms with E-state index in [1.165, 1.54) is 30.7 Å². The first-order valence-electron chi connectivity index (χ1n) is 7.75. The second-order valence-corrected chi connectivity index (χ2v) is 5.60. The topological polar surface area (TPSA) is 100 Å². The second-order valence-electron chi connectivity index (χ2n) is 5.60. The fourth-order valence-electron chi connectivity index (χ4n) is 2.49. The summed E-state index contributed by atoms with van der Waals surface area (Å²) in [5.74, 6) is -1.51. The van der Waals surface area contributed by atoms with Gasteiger partial charge in [-0.15, -0.1) is 0 Å². The molecule has 3 N–H and O–H groups in total. The molecule has 0 bridgehead atoms. The molecule has 2 aromatic rings. The van der Waals surface area contributed by atoms with Gasteiger partial charge in [-0.1, -0.05) is 0 Å². The molecule has 1 aromatic carbocycles. The van der Waals surface area contributed by atoms with Gasteiger partial charge in [-0.2, -0.15) is 0 Å². The lowest BCUT2D eigenvalue weighted by atomic mass is 10.0.